The summed E-state index contributed by atoms with van der Waals surface area (Å²) in [6, 6.07) is 0. The summed E-state index contributed by atoms with van der Waals surface area (Å²) >= 11 is 0. The van der Waals surface area contributed by atoms with Crippen molar-refractivity contribution >= 4 is 17.7 Å². The molecule has 6 heteroatoms. The van der Waals surface area contributed by atoms with E-state index in [-0.39, 0.29) is 57.9 Å². The van der Waals surface area contributed by atoms with Gasteiger partial charge in [-0.25, -0.2) is 5.06 Å². The van der Waals surface area contributed by atoms with Gasteiger partial charge in [0.05, 0.1) is 7.11 Å². The zero-order valence-electron chi connectivity index (χ0n) is 24.0. The lowest BCUT2D eigenvalue weighted by molar-refractivity contribution is -0.182. The first-order valence-electron chi connectivity index (χ1n) is 14.6. The van der Waals surface area contributed by atoms with Crippen molar-refractivity contribution in [2.24, 2.45) is 51.8 Å². The zero-order chi connectivity index (χ0) is 26.9. The van der Waals surface area contributed by atoms with Gasteiger partial charge < -0.3 is 4.74 Å². The Hall–Kier alpha value is -1.69. The number of hydroxylamine groups is 2. The van der Waals surface area contributed by atoms with Crippen LogP contribution in [-0.2, 0) is 24.0 Å². The van der Waals surface area contributed by atoms with Crippen LogP contribution < -0.4 is 0 Å². The lowest BCUT2D eigenvalue weighted by atomic mass is 9.38. The Morgan fingerprint density at radius 1 is 0.973 bits per heavy atom. The van der Waals surface area contributed by atoms with E-state index in [9.17, 15) is 14.4 Å². The van der Waals surface area contributed by atoms with E-state index in [2.05, 4.69) is 33.8 Å². The first-order valence-corrected chi connectivity index (χ1v) is 14.6. The minimum atomic E-state index is -0.200. The number of esters is 1. The van der Waals surface area contributed by atoms with Crippen LogP contribution in [0.2, 0.25) is 0 Å². The molecule has 206 valence electrons. The van der Waals surface area contributed by atoms with Crippen molar-refractivity contribution in [3.63, 3.8) is 0 Å². The average Bonchev–Trinajstić information content (AvgIpc) is 2.83. The van der Waals surface area contributed by atoms with Crippen molar-refractivity contribution in [3.05, 3.63) is 11.6 Å². The molecule has 5 aliphatic rings. The molecule has 1 amide bonds. The Morgan fingerprint density at radius 3 is 2.32 bits per heavy atom. The monoisotopic (exact) mass is 513 g/mol. The van der Waals surface area contributed by atoms with E-state index in [1.54, 1.807) is 14.2 Å². The van der Waals surface area contributed by atoms with Gasteiger partial charge in [-0.2, -0.15) is 0 Å². The van der Waals surface area contributed by atoms with Gasteiger partial charge in [-0.3, -0.25) is 19.2 Å². The molecular formula is C31H47NO5. The second-order valence-corrected chi connectivity index (χ2v) is 14.0. The van der Waals surface area contributed by atoms with Crippen LogP contribution in [0.4, 0.5) is 0 Å². The van der Waals surface area contributed by atoms with Crippen LogP contribution in [0, 0.1) is 51.8 Å². The smallest absolute Gasteiger partial charge is 0.302 e. The van der Waals surface area contributed by atoms with Gasteiger partial charge >= 0.3 is 5.97 Å². The number of fused-ring (bicyclic) bond motifs is 7. The van der Waals surface area contributed by atoms with Crippen molar-refractivity contribution in [2.45, 2.75) is 98.5 Å². The number of ether oxygens (including phenoxy) is 1. The number of rotatable bonds is 3. The number of hydrogen-bond acceptors (Lipinski definition) is 5. The first kappa shape index (κ1) is 26.9. The Kier molecular flexibility index (Phi) is 6.69. The number of hydrogen-bond donors (Lipinski definition) is 0. The van der Waals surface area contributed by atoms with Crippen molar-refractivity contribution in [3.8, 4) is 0 Å². The SMILES string of the molecule is CON(C)C(=O)C1CCC2(C)CCC3C(=CC(=O)C4C3(C)CCC3C(C)C(OC(C)=O)CCC34C)C2C1. The first-order chi connectivity index (χ1) is 17.4. The molecule has 0 saturated heterocycles. The third-order valence-corrected chi connectivity index (χ3v) is 12.2. The molecule has 37 heavy (non-hydrogen) atoms. The van der Waals surface area contributed by atoms with E-state index in [0.717, 1.165) is 51.4 Å². The molecule has 0 aliphatic heterocycles. The Balaban J connectivity index is 1.47. The summed E-state index contributed by atoms with van der Waals surface area (Å²) in [6.45, 7) is 10.9. The van der Waals surface area contributed by atoms with Crippen LogP contribution >= 0.6 is 0 Å². The van der Waals surface area contributed by atoms with Gasteiger partial charge in [-0.1, -0.05) is 33.3 Å². The summed E-state index contributed by atoms with van der Waals surface area (Å²) in [6.07, 6.45) is 11.0. The Labute approximate surface area is 222 Å². The molecule has 10 atom stereocenters. The molecule has 5 rings (SSSR count). The third-order valence-electron chi connectivity index (χ3n) is 12.2. The summed E-state index contributed by atoms with van der Waals surface area (Å²) in [7, 11) is 3.24. The Morgan fingerprint density at radius 2 is 1.65 bits per heavy atom. The highest BCUT2D eigenvalue weighted by Gasteiger charge is 2.65. The van der Waals surface area contributed by atoms with Gasteiger partial charge in [0.2, 0.25) is 5.91 Å². The third kappa shape index (κ3) is 4.03. The molecule has 10 unspecified atom stereocenters. The molecule has 0 spiro atoms. The van der Waals surface area contributed by atoms with E-state index in [1.165, 1.54) is 24.0 Å². The van der Waals surface area contributed by atoms with E-state index in [1.807, 2.05) is 0 Å². The molecule has 6 nitrogen and oxygen atoms in total. The molecule has 0 N–H and O–H groups in total. The molecule has 5 aliphatic carbocycles. The van der Waals surface area contributed by atoms with Crippen LogP contribution in [0.1, 0.15) is 92.4 Å². The fourth-order valence-electron chi connectivity index (χ4n) is 10.3. The summed E-state index contributed by atoms with van der Waals surface area (Å²) in [5.74, 6) is 1.48. The number of nitrogens with zero attached hydrogens (tertiary/aromatic N) is 1. The molecule has 0 aromatic heterocycles. The molecule has 0 heterocycles. The predicted molar refractivity (Wildman–Crippen MR) is 141 cm³/mol. The minimum Gasteiger partial charge on any atom is -0.462 e. The maximum absolute atomic E-state index is 14.2. The largest absolute Gasteiger partial charge is 0.462 e. The minimum absolute atomic E-state index is 0.0122. The fourth-order valence-corrected chi connectivity index (χ4v) is 10.3. The second kappa shape index (κ2) is 9.20. The standard InChI is InChI=1S/C31H47NO5/c1-18-22-10-14-31(5)23-9-13-29(3)12-8-20(28(35)32(6)36-7)16-24(29)21(23)17-25(34)27(31)30(22,4)15-11-26(18)37-19(2)33/h17-18,20,22-24,26-27H,8-16H2,1-7H3. The van der Waals surface area contributed by atoms with Crippen LogP contribution in [0.25, 0.3) is 0 Å². The molecule has 0 radical (unpaired) electrons. The number of allylic oxidation sites excluding steroid dienone is 2. The van der Waals surface area contributed by atoms with E-state index in [4.69, 9.17) is 9.57 Å². The van der Waals surface area contributed by atoms with Crippen LogP contribution in [0.15, 0.2) is 11.6 Å². The van der Waals surface area contributed by atoms with Gasteiger partial charge in [0, 0.05) is 25.8 Å². The van der Waals surface area contributed by atoms with Gasteiger partial charge in [0.15, 0.2) is 5.78 Å². The maximum atomic E-state index is 14.2. The van der Waals surface area contributed by atoms with E-state index >= 15 is 0 Å². The summed E-state index contributed by atoms with van der Waals surface area (Å²) in [5, 5.41) is 1.38. The Bertz CT molecular complexity index is 1010. The van der Waals surface area contributed by atoms with Crippen molar-refractivity contribution in [1.82, 2.24) is 5.06 Å². The van der Waals surface area contributed by atoms with Gasteiger partial charge in [-0.15, -0.1) is 0 Å². The van der Waals surface area contributed by atoms with Crippen molar-refractivity contribution < 1.29 is 24.0 Å². The van der Waals surface area contributed by atoms with Crippen molar-refractivity contribution in [1.29, 1.82) is 0 Å². The summed E-state index contributed by atoms with van der Waals surface area (Å²) in [5.41, 5.74) is 1.38. The average molecular weight is 514 g/mol. The molecule has 0 aromatic rings. The highest BCUT2D eigenvalue weighted by atomic mass is 16.7. The summed E-state index contributed by atoms with van der Waals surface area (Å²) < 4.78 is 5.72. The zero-order valence-corrected chi connectivity index (χ0v) is 24.0. The highest BCUT2D eigenvalue weighted by molar-refractivity contribution is 5.95. The van der Waals surface area contributed by atoms with E-state index < -0.39 is 0 Å². The highest BCUT2D eigenvalue weighted by Crippen LogP contribution is 2.69. The normalized spacial score (nSPS) is 46.9. The molecular weight excluding hydrogens is 466 g/mol. The van der Waals surface area contributed by atoms with Gasteiger partial charge in [-0.05, 0) is 104 Å². The molecule has 0 aromatic carbocycles. The van der Waals surface area contributed by atoms with Crippen molar-refractivity contribution in [2.75, 3.05) is 14.2 Å². The maximum Gasteiger partial charge on any atom is 0.302 e. The number of ketones is 1. The summed E-state index contributed by atoms with van der Waals surface area (Å²) in [4.78, 5) is 44.2. The predicted octanol–water partition coefficient (Wildman–Crippen LogP) is 5.75. The number of carbonyl (C=O) groups excluding carboxylic acids is 3. The van der Waals surface area contributed by atoms with Gasteiger partial charge in [0.25, 0.3) is 0 Å². The van der Waals surface area contributed by atoms with Crippen LogP contribution in [-0.4, -0.2) is 43.0 Å². The molecule has 0 bridgehead atoms. The topological polar surface area (TPSA) is 72.9 Å². The molecule has 4 saturated carbocycles. The van der Waals surface area contributed by atoms with Crippen LogP contribution in [0.5, 0.6) is 0 Å². The van der Waals surface area contributed by atoms with Gasteiger partial charge in [0.1, 0.15) is 6.10 Å². The molecule has 4 fully saturated rings. The number of amides is 1. The van der Waals surface area contributed by atoms with E-state index in [0.29, 0.717) is 17.6 Å². The second-order valence-electron chi connectivity index (χ2n) is 14.0. The fraction of sp³-hybridized carbons (Fsp3) is 0.839. The lowest BCUT2D eigenvalue weighted by Gasteiger charge is -2.65. The lowest BCUT2D eigenvalue weighted by Crippen LogP contribution is -2.62. The number of carbonyl (C=O) groups is 3. The quantitative estimate of drug-likeness (QED) is 0.355. The van der Waals surface area contributed by atoms with Crippen LogP contribution in [0.3, 0.4) is 0 Å².